The van der Waals surface area contributed by atoms with Crippen molar-refractivity contribution in [2.75, 3.05) is 27.9 Å². The molecule has 1 aromatic carbocycles. The van der Waals surface area contributed by atoms with Crippen LogP contribution in [0.2, 0.25) is 0 Å². The second-order valence-electron chi connectivity index (χ2n) is 6.06. The van der Waals surface area contributed by atoms with Crippen LogP contribution >= 0.6 is 0 Å². The van der Waals surface area contributed by atoms with Gasteiger partial charge >= 0.3 is 0 Å². The Balaban J connectivity index is 2.63. The highest BCUT2D eigenvalue weighted by molar-refractivity contribution is 5.97. The molecule has 2 N–H and O–H groups in total. The van der Waals surface area contributed by atoms with E-state index in [9.17, 15) is 9.59 Å². The smallest absolute Gasteiger partial charge is 0.251 e. The molecule has 0 aliphatic carbocycles. The van der Waals surface area contributed by atoms with Crippen LogP contribution in [0.5, 0.6) is 17.2 Å². The lowest BCUT2D eigenvalue weighted by molar-refractivity contribution is -0.120. The molecule has 0 saturated carbocycles. The Morgan fingerprint density at radius 2 is 1.65 bits per heavy atom. The molecule has 7 nitrogen and oxygen atoms in total. The first kappa shape index (κ1) is 21.6. The highest BCUT2D eigenvalue weighted by Crippen LogP contribution is 2.38. The topological polar surface area (TPSA) is 85.9 Å². The molecule has 0 radical (unpaired) electrons. The van der Waals surface area contributed by atoms with Gasteiger partial charge in [-0.1, -0.05) is 26.2 Å². The second kappa shape index (κ2) is 11.2. The van der Waals surface area contributed by atoms with Crippen LogP contribution in [-0.2, 0) is 4.79 Å². The van der Waals surface area contributed by atoms with Crippen molar-refractivity contribution in [2.24, 2.45) is 0 Å². The minimum atomic E-state index is -0.391. The van der Waals surface area contributed by atoms with Crippen molar-refractivity contribution < 1.29 is 23.8 Å². The molecule has 0 aromatic heterocycles. The Hall–Kier alpha value is -2.44. The van der Waals surface area contributed by atoms with Gasteiger partial charge in [0.05, 0.1) is 27.9 Å². The minimum absolute atomic E-state index is 0.0897. The summed E-state index contributed by atoms with van der Waals surface area (Å²) in [5.41, 5.74) is 0.322. The molecule has 0 saturated heterocycles. The predicted octanol–water partition coefficient (Wildman–Crippen LogP) is 2.53. The zero-order chi connectivity index (χ0) is 19.5. The number of rotatable bonds is 11. The molecule has 1 atom stereocenters. The Bertz CT molecular complexity index is 579. The Morgan fingerprint density at radius 1 is 1.04 bits per heavy atom. The Kier molecular flexibility index (Phi) is 9.33. The largest absolute Gasteiger partial charge is 0.493 e. The van der Waals surface area contributed by atoms with E-state index in [0.717, 1.165) is 25.7 Å². The lowest BCUT2D eigenvalue weighted by Gasteiger charge is -2.15. The first-order valence-electron chi connectivity index (χ1n) is 8.84. The number of carbonyl (C=O) groups excluding carboxylic acids is 2. The van der Waals surface area contributed by atoms with Gasteiger partial charge in [-0.3, -0.25) is 9.59 Å². The van der Waals surface area contributed by atoms with Gasteiger partial charge in [-0.2, -0.15) is 0 Å². The van der Waals surface area contributed by atoms with Crippen LogP contribution in [0.3, 0.4) is 0 Å². The van der Waals surface area contributed by atoms with Crippen molar-refractivity contribution in [1.29, 1.82) is 0 Å². The SMILES string of the molecule is CCCCCC(C)NC(=O)CNC(=O)c1cc(OC)c(OC)c(OC)c1. The summed E-state index contributed by atoms with van der Waals surface area (Å²) in [6.07, 6.45) is 4.31. The van der Waals surface area contributed by atoms with Crippen LogP contribution in [0.4, 0.5) is 0 Å². The highest BCUT2D eigenvalue weighted by atomic mass is 16.5. The van der Waals surface area contributed by atoms with Gasteiger partial charge < -0.3 is 24.8 Å². The number of carbonyl (C=O) groups is 2. The number of ether oxygens (including phenoxy) is 3. The van der Waals surface area contributed by atoms with Crippen molar-refractivity contribution in [3.8, 4) is 17.2 Å². The monoisotopic (exact) mass is 366 g/mol. The molecular formula is C19H30N2O5. The van der Waals surface area contributed by atoms with Crippen molar-refractivity contribution in [3.63, 3.8) is 0 Å². The van der Waals surface area contributed by atoms with Gasteiger partial charge in [-0.05, 0) is 25.5 Å². The fourth-order valence-corrected chi connectivity index (χ4v) is 2.57. The Labute approximate surface area is 155 Å². The van der Waals surface area contributed by atoms with Crippen LogP contribution in [0.15, 0.2) is 12.1 Å². The van der Waals surface area contributed by atoms with E-state index < -0.39 is 5.91 Å². The van der Waals surface area contributed by atoms with Gasteiger partial charge in [0.1, 0.15) is 0 Å². The quantitative estimate of drug-likeness (QED) is 0.588. The number of nitrogens with one attached hydrogen (secondary N) is 2. The summed E-state index contributed by atoms with van der Waals surface area (Å²) >= 11 is 0. The van der Waals surface area contributed by atoms with E-state index in [1.54, 1.807) is 12.1 Å². The summed E-state index contributed by atoms with van der Waals surface area (Å²) in [7, 11) is 4.45. The lowest BCUT2D eigenvalue weighted by atomic mass is 10.1. The third kappa shape index (κ3) is 6.46. The molecule has 0 spiro atoms. The van der Waals surface area contributed by atoms with Gasteiger partial charge in [0.2, 0.25) is 11.7 Å². The Morgan fingerprint density at radius 3 is 2.15 bits per heavy atom. The van der Waals surface area contributed by atoms with Gasteiger partial charge in [0.15, 0.2) is 11.5 Å². The normalized spacial score (nSPS) is 11.4. The molecule has 1 unspecified atom stereocenters. The zero-order valence-electron chi connectivity index (χ0n) is 16.3. The average Bonchev–Trinajstić information content (AvgIpc) is 2.64. The number of amides is 2. The molecule has 146 valence electrons. The summed E-state index contributed by atoms with van der Waals surface area (Å²) in [6.45, 7) is 4.02. The van der Waals surface area contributed by atoms with Gasteiger partial charge in [-0.15, -0.1) is 0 Å². The predicted molar refractivity (Wildman–Crippen MR) is 100 cm³/mol. The fourth-order valence-electron chi connectivity index (χ4n) is 2.57. The summed E-state index contributed by atoms with van der Waals surface area (Å²) in [5.74, 6) is 0.565. The first-order chi connectivity index (χ1) is 12.5. The molecule has 1 rings (SSSR count). The maximum atomic E-state index is 12.3. The number of benzene rings is 1. The molecule has 0 heterocycles. The van der Waals surface area contributed by atoms with Crippen molar-refractivity contribution >= 4 is 11.8 Å². The second-order valence-corrected chi connectivity index (χ2v) is 6.06. The van der Waals surface area contributed by atoms with Gasteiger partial charge in [0, 0.05) is 11.6 Å². The van der Waals surface area contributed by atoms with Crippen molar-refractivity contribution in [1.82, 2.24) is 10.6 Å². The molecule has 0 aliphatic heterocycles. The number of unbranched alkanes of at least 4 members (excludes halogenated alkanes) is 2. The molecule has 7 heteroatoms. The minimum Gasteiger partial charge on any atom is -0.493 e. The van der Waals surface area contributed by atoms with E-state index in [0.29, 0.717) is 22.8 Å². The molecule has 2 amide bonds. The van der Waals surface area contributed by atoms with E-state index in [4.69, 9.17) is 14.2 Å². The molecule has 0 bridgehead atoms. The van der Waals surface area contributed by atoms with Crippen LogP contribution in [0, 0.1) is 0 Å². The van der Waals surface area contributed by atoms with E-state index in [1.165, 1.54) is 21.3 Å². The maximum Gasteiger partial charge on any atom is 0.251 e. The molecule has 0 aliphatic rings. The standard InChI is InChI=1S/C19H30N2O5/c1-6-7-8-9-13(2)21-17(22)12-20-19(23)14-10-15(24-3)18(26-5)16(11-14)25-4/h10-11,13H,6-9,12H2,1-5H3,(H,20,23)(H,21,22). The van der Waals surface area contributed by atoms with Crippen molar-refractivity contribution in [2.45, 2.75) is 45.6 Å². The molecule has 26 heavy (non-hydrogen) atoms. The fraction of sp³-hybridized carbons (Fsp3) is 0.579. The number of hydrogen-bond donors (Lipinski definition) is 2. The summed E-state index contributed by atoms with van der Waals surface area (Å²) in [6, 6.07) is 3.18. The van der Waals surface area contributed by atoms with E-state index in [1.807, 2.05) is 6.92 Å². The molecular weight excluding hydrogens is 336 g/mol. The van der Waals surface area contributed by atoms with E-state index in [-0.39, 0.29) is 18.5 Å². The molecule has 0 fully saturated rings. The van der Waals surface area contributed by atoms with Crippen LogP contribution in [-0.4, -0.2) is 45.7 Å². The van der Waals surface area contributed by atoms with Crippen LogP contribution < -0.4 is 24.8 Å². The highest BCUT2D eigenvalue weighted by Gasteiger charge is 2.17. The maximum absolute atomic E-state index is 12.3. The number of methoxy groups -OCH3 is 3. The third-order valence-electron chi connectivity index (χ3n) is 3.98. The van der Waals surface area contributed by atoms with Crippen LogP contribution in [0.1, 0.15) is 49.9 Å². The summed E-state index contributed by atoms with van der Waals surface area (Å²) < 4.78 is 15.7. The third-order valence-corrected chi connectivity index (χ3v) is 3.98. The van der Waals surface area contributed by atoms with E-state index in [2.05, 4.69) is 17.6 Å². The summed E-state index contributed by atoms with van der Waals surface area (Å²) in [4.78, 5) is 24.3. The van der Waals surface area contributed by atoms with Gasteiger partial charge in [0.25, 0.3) is 5.91 Å². The summed E-state index contributed by atoms with van der Waals surface area (Å²) in [5, 5.41) is 5.49. The van der Waals surface area contributed by atoms with Crippen LogP contribution in [0.25, 0.3) is 0 Å². The zero-order valence-corrected chi connectivity index (χ0v) is 16.3. The number of hydrogen-bond acceptors (Lipinski definition) is 5. The first-order valence-corrected chi connectivity index (χ1v) is 8.84. The average molecular weight is 366 g/mol. The lowest BCUT2D eigenvalue weighted by Crippen LogP contribution is -2.40. The van der Waals surface area contributed by atoms with E-state index >= 15 is 0 Å². The molecule has 1 aromatic rings. The van der Waals surface area contributed by atoms with Gasteiger partial charge in [-0.25, -0.2) is 0 Å². The van der Waals surface area contributed by atoms with Crippen molar-refractivity contribution in [3.05, 3.63) is 17.7 Å².